The van der Waals surface area contributed by atoms with Crippen LogP contribution in [0.4, 0.5) is 11.6 Å². The fourth-order valence-corrected chi connectivity index (χ4v) is 3.70. The zero-order valence-electron chi connectivity index (χ0n) is 10.7. The highest BCUT2D eigenvalue weighted by Gasteiger charge is 2.25. The average Bonchev–Trinajstić information content (AvgIpc) is 2.27. The third kappa shape index (κ3) is 2.65. The molecule has 2 N–H and O–H groups in total. The molecule has 0 radical (unpaired) electrons. The van der Waals surface area contributed by atoms with Crippen molar-refractivity contribution in [1.82, 2.24) is 9.97 Å². The molecule has 2 atom stereocenters. The molecule has 4 nitrogen and oxygen atoms in total. The molecule has 0 aliphatic carbocycles. The van der Waals surface area contributed by atoms with Gasteiger partial charge in [0.25, 0.3) is 0 Å². The second kappa shape index (κ2) is 5.12. The summed E-state index contributed by atoms with van der Waals surface area (Å²) in [7, 11) is 0. The first-order valence-electron chi connectivity index (χ1n) is 6.11. The minimum Gasteiger partial charge on any atom is -0.383 e. The van der Waals surface area contributed by atoms with E-state index < -0.39 is 0 Å². The zero-order chi connectivity index (χ0) is 12.4. The number of thioether (sulfide) groups is 1. The molecular formula is C12H20N4S. The van der Waals surface area contributed by atoms with E-state index in [1.807, 2.05) is 11.8 Å². The van der Waals surface area contributed by atoms with Crippen LogP contribution in [0.2, 0.25) is 0 Å². The Kier molecular flexibility index (Phi) is 3.76. The first-order valence-corrected chi connectivity index (χ1v) is 7.05. The molecule has 1 aliphatic heterocycles. The highest BCUT2D eigenvalue weighted by molar-refractivity contribution is 8.00. The van der Waals surface area contributed by atoms with Crippen LogP contribution in [-0.4, -0.2) is 33.6 Å². The Labute approximate surface area is 107 Å². The summed E-state index contributed by atoms with van der Waals surface area (Å²) >= 11 is 2.04. The molecule has 1 saturated heterocycles. The highest BCUT2D eigenvalue weighted by Crippen LogP contribution is 2.30. The van der Waals surface area contributed by atoms with Crippen LogP contribution < -0.4 is 10.6 Å². The Balaban J connectivity index is 2.30. The van der Waals surface area contributed by atoms with Gasteiger partial charge in [-0.2, -0.15) is 11.8 Å². The van der Waals surface area contributed by atoms with Crippen LogP contribution in [-0.2, 0) is 6.42 Å². The fourth-order valence-electron chi connectivity index (χ4n) is 2.38. The van der Waals surface area contributed by atoms with Gasteiger partial charge in [0.1, 0.15) is 18.0 Å². The van der Waals surface area contributed by atoms with Crippen molar-refractivity contribution in [2.24, 2.45) is 0 Å². The Morgan fingerprint density at radius 1 is 1.35 bits per heavy atom. The molecule has 1 aromatic heterocycles. The number of aromatic nitrogens is 2. The summed E-state index contributed by atoms with van der Waals surface area (Å²) in [6.45, 7) is 8.72. The number of rotatable bonds is 2. The molecule has 1 aliphatic rings. The third-order valence-corrected chi connectivity index (χ3v) is 4.26. The van der Waals surface area contributed by atoms with E-state index in [2.05, 4.69) is 35.6 Å². The van der Waals surface area contributed by atoms with Crippen molar-refractivity contribution < 1.29 is 0 Å². The van der Waals surface area contributed by atoms with Gasteiger partial charge in [-0.3, -0.25) is 0 Å². The maximum Gasteiger partial charge on any atom is 0.137 e. The molecule has 0 amide bonds. The number of anilines is 2. The van der Waals surface area contributed by atoms with Crippen molar-refractivity contribution in [2.75, 3.05) is 23.7 Å². The predicted molar refractivity (Wildman–Crippen MR) is 74.6 cm³/mol. The molecule has 0 saturated carbocycles. The van der Waals surface area contributed by atoms with Gasteiger partial charge in [-0.05, 0) is 6.42 Å². The monoisotopic (exact) mass is 252 g/mol. The topological polar surface area (TPSA) is 55.0 Å². The van der Waals surface area contributed by atoms with Crippen LogP contribution in [0.1, 0.15) is 26.3 Å². The summed E-state index contributed by atoms with van der Waals surface area (Å²) < 4.78 is 0. The van der Waals surface area contributed by atoms with Gasteiger partial charge in [0, 0.05) is 29.2 Å². The first-order chi connectivity index (χ1) is 8.11. The largest absolute Gasteiger partial charge is 0.383 e. The molecule has 2 unspecified atom stereocenters. The lowest BCUT2D eigenvalue weighted by atomic mass is 10.2. The fraction of sp³-hybridized carbons (Fsp3) is 0.667. The number of hydrogen-bond acceptors (Lipinski definition) is 5. The van der Waals surface area contributed by atoms with Crippen molar-refractivity contribution in [3.05, 3.63) is 11.9 Å². The molecule has 0 spiro atoms. The molecule has 5 heteroatoms. The van der Waals surface area contributed by atoms with Crippen molar-refractivity contribution in [3.63, 3.8) is 0 Å². The lowest BCUT2D eigenvalue weighted by Crippen LogP contribution is -2.41. The number of nitrogen functional groups attached to an aromatic ring is 1. The third-order valence-electron chi connectivity index (χ3n) is 3.03. The van der Waals surface area contributed by atoms with E-state index in [0.717, 1.165) is 30.9 Å². The Bertz CT molecular complexity index is 386. The van der Waals surface area contributed by atoms with E-state index in [1.54, 1.807) is 6.33 Å². The average molecular weight is 252 g/mol. The molecule has 2 rings (SSSR count). The van der Waals surface area contributed by atoms with Gasteiger partial charge in [-0.25, -0.2) is 9.97 Å². The number of nitrogens with two attached hydrogens (primary N) is 1. The number of hydrogen-bond donors (Lipinski definition) is 1. The summed E-state index contributed by atoms with van der Waals surface area (Å²) in [5, 5.41) is 1.28. The van der Waals surface area contributed by atoms with Crippen LogP contribution >= 0.6 is 11.8 Å². The second-order valence-electron chi connectivity index (χ2n) is 4.58. The van der Waals surface area contributed by atoms with E-state index in [9.17, 15) is 0 Å². The molecule has 17 heavy (non-hydrogen) atoms. The van der Waals surface area contributed by atoms with Gasteiger partial charge in [0.05, 0.1) is 0 Å². The number of nitrogens with zero attached hydrogens (tertiary/aromatic N) is 3. The Morgan fingerprint density at radius 2 is 2.00 bits per heavy atom. The van der Waals surface area contributed by atoms with Gasteiger partial charge >= 0.3 is 0 Å². The van der Waals surface area contributed by atoms with Crippen LogP contribution in [0, 0.1) is 0 Å². The van der Waals surface area contributed by atoms with Crippen molar-refractivity contribution in [2.45, 2.75) is 37.7 Å². The normalized spacial score (nSPS) is 25.0. The highest BCUT2D eigenvalue weighted by atomic mass is 32.2. The summed E-state index contributed by atoms with van der Waals surface area (Å²) in [5.41, 5.74) is 7.01. The quantitative estimate of drug-likeness (QED) is 0.872. The van der Waals surface area contributed by atoms with E-state index in [1.165, 1.54) is 0 Å². The lowest BCUT2D eigenvalue weighted by molar-refractivity contribution is 0.712. The summed E-state index contributed by atoms with van der Waals surface area (Å²) in [4.78, 5) is 10.9. The maximum atomic E-state index is 5.92. The van der Waals surface area contributed by atoms with Crippen LogP contribution in [0.3, 0.4) is 0 Å². The van der Waals surface area contributed by atoms with Crippen LogP contribution in [0.5, 0.6) is 0 Å². The van der Waals surface area contributed by atoms with Crippen LogP contribution in [0.15, 0.2) is 6.33 Å². The molecule has 0 aromatic carbocycles. The summed E-state index contributed by atoms with van der Waals surface area (Å²) in [6, 6.07) is 0. The van der Waals surface area contributed by atoms with Crippen molar-refractivity contribution in [1.29, 1.82) is 0 Å². The predicted octanol–water partition coefficient (Wildman–Crippen LogP) is 1.95. The summed E-state index contributed by atoms with van der Waals surface area (Å²) in [5.74, 6) is 1.65. The van der Waals surface area contributed by atoms with E-state index in [0.29, 0.717) is 16.3 Å². The van der Waals surface area contributed by atoms with Gasteiger partial charge in [-0.15, -0.1) is 0 Å². The first kappa shape index (κ1) is 12.5. The van der Waals surface area contributed by atoms with E-state index in [4.69, 9.17) is 5.73 Å². The standard InChI is InChI=1S/C12H20N4S/c1-4-10-11(13)14-7-15-12(10)16-5-8(2)17-9(3)6-16/h7-9H,4-6H2,1-3H3,(H2,13,14,15). The second-order valence-corrected chi connectivity index (χ2v) is 6.46. The molecule has 1 fully saturated rings. The minimum atomic E-state index is 0.621. The summed E-state index contributed by atoms with van der Waals surface area (Å²) in [6.07, 6.45) is 2.45. The lowest BCUT2D eigenvalue weighted by Gasteiger charge is -2.36. The zero-order valence-corrected chi connectivity index (χ0v) is 11.5. The van der Waals surface area contributed by atoms with Crippen molar-refractivity contribution >= 4 is 23.4 Å². The van der Waals surface area contributed by atoms with E-state index >= 15 is 0 Å². The van der Waals surface area contributed by atoms with Gasteiger partial charge in [0.15, 0.2) is 0 Å². The molecule has 0 bridgehead atoms. The molecule has 94 valence electrons. The minimum absolute atomic E-state index is 0.621. The van der Waals surface area contributed by atoms with Crippen molar-refractivity contribution in [3.8, 4) is 0 Å². The SMILES string of the molecule is CCc1c(N)ncnc1N1CC(C)SC(C)C1. The maximum absolute atomic E-state index is 5.92. The van der Waals surface area contributed by atoms with Gasteiger partial charge in [-0.1, -0.05) is 20.8 Å². The molecule has 1 aromatic rings. The van der Waals surface area contributed by atoms with Gasteiger partial charge in [0.2, 0.25) is 0 Å². The Hall–Kier alpha value is -0.970. The molecular weight excluding hydrogens is 232 g/mol. The van der Waals surface area contributed by atoms with E-state index in [-0.39, 0.29) is 0 Å². The Morgan fingerprint density at radius 3 is 2.59 bits per heavy atom. The van der Waals surface area contributed by atoms with Crippen LogP contribution in [0.25, 0.3) is 0 Å². The molecule has 2 heterocycles. The van der Waals surface area contributed by atoms with Gasteiger partial charge < -0.3 is 10.6 Å². The smallest absolute Gasteiger partial charge is 0.137 e.